The van der Waals surface area contributed by atoms with Crippen molar-refractivity contribution < 1.29 is 9.53 Å². The number of hydrogen-bond donors (Lipinski definition) is 0. The van der Waals surface area contributed by atoms with Crippen LogP contribution in [0.25, 0.3) is 0 Å². The second-order valence-electron chi connectivity index (χ2n) is 6.07. The van der Waals surface area contributed by atoms with Crippen molar-refractivity contribution in [3.05, 3.63) is 35.9 Å². The third kappa shape index (κ3) is 3.21. The zero-order valence-electron chi connectivity index (χ0n) is 12.1. The Morgan fingerprint density at radius 3 is 2.65 bits per heavy atom. The van der Waals surface area contributed by atoms with Crippen LogP contribution in [0.4, 0.5) is 0 Å². The van der Waals surface area contributed by atoms with Crippen LogP contribution in [0.15, 0.2) is 30.3 Å². The van der Waals surface area contributed by atoms with Crippen LogP contribution in [0.1, 0.15) is 31.7 Å². The fraction of sp³-hybridized carbons (Fsp3) is 0.588. The summed E-state index contributed by atoms with van der Waals surface area (Å²) in [5, 5.41) is 0. The molecule has 3 heteroatoms. The van der Waals surface area contributed by atoms with Crippen molar-refractivity contribution in [2.45, 2.75) is 44.8 Å². The molecule has 2 atom stereocenters. The molecule has 108 valence electrons. The number of carbonyl (C=O) groups is 1. The van der Waals surface area contributed by atoms with Gasteiger partial charge in [-0.2, -0.15) is 0 Å². The minimum atomic E-state index is 0.170. The second kappa shape index (κ2) is 5.96. The number of carbonyl (C=O) groups excluding carboxylic acids is 1. The van der Waals surface area contributed by atoms with Crippen LogP contribution in [0.2, 0.25) is 0 Å². The van der Waals surface area contributed by atoms with E-state index in [4.69, 9.17) is 4.74 Å². The standard InChI is InChI=1S/C17H23NO2/c1-13(19)18-10-9-17(20-12-15-7-8-15)16(18)11-14-5-3-2-4-6-14/h2-6,15-17H,7-12H2,1H3/t16-,17+/m0/s1. The maximum atomic E-state index is 11.8. The molecule has 1 aliphatic carbocycles. The van der Waals surface area contributed by atoms with Crippen molar-refractivity contribution >= 4 is 5.91 Å². The van der Waals surface area contributed by atoms with Crippen molar-refractivity contribution in [2.75, 3.05) is 13.2 Å². The lowest BCUT2D eigenvalue weighted by atomic mass is 10.0. The molecule has 0 bridgehead atoms. The normalized spacial score (nSPS) is 25.9. The molecule has 0 N–H and O–H groups in total. The summed E-state index contributed by atoms with van der Waals surface area (Å²) in [5.41, 5.74) is 1.28. The molecule has 1 heterocycles. The molecule has 3 rings (SSSR count). The molecule has 0 aromatic heterocycles. The summed E-state index contributed by atoms with van der Waals surface area (Å²) in [4.78, 5) is 13.8. The Morgan fingerprint density at radius 2 is 2.00 bits per heavy atom. The number of amides is 1. The van der Waals surface area contributed by atoms with E-state index in [1.807, 2.05) is 11.0 Å². The maximum absolute atomic E-state index is 11.8. The fourth-order valence-corrected chi connectivity index (χ4v) is 3.05. The molecule has 20 heavy (non-hydrogen) atoms. The van der Waals surface area contributed by atoms with Gasteiger partial charge in [0, 0.05) is 20.1 Å². The van der Waals surface area contributed by atoms with Crippen LogP contribution >= 0.6 is 0 Å². The van der Waals surface area contributed by atoms with Gasteiger partial charge in [0.25, 0.3) is 0 Å². The Morgan fingerprint density at radius 1 is 1.25 bits per heavy atom. The van der Waals surface area contributed by atoms with E-state index in [1.54, 1.807) is 6.92 Å². The summed E-state index contributed by atoms with van der Waals surface area (Å²) in [6.45, 7) is 3.38. The van der Waals surface area contributed by atoms with Gasteiger partial charge in [0.2, 0.25) is 5.91 Å². The van der Waals surface area contributed by atoms with Gasteiger partial charge < -0.3 is 9.64 Å². The lowest BCUT2D eigenvalue weighted by Gasteiger charge is -2.27. The highest BCUT2D eigenvalue weighted by atomic mass is 16.5. The lowest BCUT2D eigenvalue weighted by molar-refractivity contribution is -0.130. The average Bonchev–Trinajstić information content (AvgIpc) is 3.19. The zero-order chi connectivity index (χ0) is 13.9. The zero-order valence-corrected chi connectivity index (χ0v) is 12.1. The summed E-state index contributed by atoms with van der Waals surface area (Å²) < 4.78 is 6.10. The van der Waals surface area contributed by atoms with Crippen LogP contribution in [0, 0.1) is 5.92 Å². The Kier molecular flexibility index (Phi) is 4.06. The van der Waals surface area contributed by atoms with Gasteiger partial charge in [-0.3, -0.25) is 4.79 Å². The highest BCUT2D eigenvalue weighted by Crippen LogP contribution is 2.31. The quantitative estimate of drug-likeness (QED) is 0.825. The Balaban J connectivity index is 1.67. The summed E-state index contributed by atoms with van der Waals surface area (Å²) in [6, 6.07) is 10.6. The van der Waals surface area contributed by atoms with Gasteiger partial charge >= 0.3 is 0 Å². The SMILES string of the molecule is CC(=O)N1CC[C@@H](OCC2CC2)[C@@H]1Cc1ccccc1. The number of hydrogen-bond acceptors (Lipinski definition) is 2. The molecule has 1 aliphatic heterocycles. The summed E-state index contributed by atoms with van der Waals surface area (Å²) >= 11 is 0. The minimum absolute atomic E-state index is 0.170. The molecule has 3 nitrogen and oxygen atoms in total. The van der Waals surface area contributed by atoms with E-state index in [2.05, 4.69) is 24.3 Å². The monoisotopic (exact) mass is 273 g/mol. The van der Waals surface area contributed by atoms with E-state index < -0.39 is 0 Å². The molecule has 0 radical (unpaired) electrons. The maximum Gasteiger partial charge on any atom is 0.219 e. The van der Waals surface area contributed by atoms with Gasteiger partial charge in [0.15, 0.2) is 0 Å². The van der Waals surface area contributed by atoms with E-state index >= 15 is 0 Å². The molecule has 0 unspecified atom stereocenters. The summed E-state index contributed by atoms with van der Waals surface area (Å²) in [5.74, 6) is 0.946. The first-order valence-corrected chi connectivity index (χ1v) is 7.67. The van der Waals surface area contributed by atoms with Crippen molar-refractivity contribution in [2.24, 2.45) is 5.92 Å². The van der Waals surface area contributed by atoms with Crippen molar-refractivity contribution in [3.63, 3.8) is 0 Å². The average molecular weight is 273 g/mol. The van der Waals surface area contributed by atoms with E-state index in [1.165, 1.54) is 18.4 Å². The summed E-state index contributed by atoms with van der Waals surface area (Å²) in [7, 11) is 0. The fourth-order valence-electron chi connectivity index (χ4n) is 3.05. The predicted octanol–water partition coefficient (Wildman–Crippen LogP) is 2.65. The third-order valence-electron chi connectivity index (χ3n) is 4.42. The van der Waals surface area contributed by atoms with E-state index in [9.17, 15) is 4.79 Å². The smallest absolute Gasteiger partial charge is 0.219 e. The molecule has 1 saturated carbocycles. The van der Waals surface area contributed by atoms with Crippen molar-refractivity contribution in [3.8, 4) is 0 Å². The minimum Gasteiger partial charge on any atom is -0.376 e. The van der Waals surface area contributed by atoms with E-state index in [0.29, 0.717) is 0 Å². The van der Waals surface area contributed by atoms with E-state index in [-0.39, 0.29) is 18.1 Å². The number of nitrogens with zero attached hydrogens (tertiary/aromatic N) is 1. The van der Waals surface area contributed by atoms with Gasteiger partial charge in [-0.15, -0.1) is 0 Å². The molecule has 0 spiro atoms. The van der Waals surface area contributed by atoms with Gasteiger partial charge in [0.05, 0.1) is 12.1 Å². The predicted molar refractivity (Wildman–Crippen MR) is 78.4 cm³/mol. The molecule has 1 aromatic rings. The lowest BCUT2D eigenvalue weighted by Crippen LogP contribution is -2.41. The largest absolute Gasteiger partial charge is 0.376 e. The van der Waals surface area contributed by atoms with Gasteiger partial charge in [-0.05, 0) is 37.2 Å². The molecule has 1 saturated heterocycles. The van der Waals surface area contributed by atoms with E-state index in [0.717, 1.165) is 31.9 Å². The van der Waals surface area contributed by atoms with Crippen molar-refractivity contribution in [1.82, 2.24) is 4.90 Å². The van der Waals surface area contributed by atoms with Crippen LogP contribution in [-0.2, 0) is 16.0 Å². The number of benzene rings is 1. The van der Waals surface area contributed by atoms with Gasteiger partial charge in [0.1, 0.15) is 0 Å². The molecule has 2 aliphatic rings. The Hall–Kier alpha value is -1.35. The van der Waals surface area contributed by atoms with Crippen molar-refractivity contribution in [1.29, 1.82) is 0 Å². The first kappa shape index (κ1) is 13.6. The topological polar surface area (TPSA) is 29.5 Å². The van der Waals surface area contributed by atoms with Crippen LogP contribution in [-0.4, -0.2) is 36.1 Å². The van der Waals surface area contributed by atoms with Gasteiger partial charge in [-0.1, -0.05) is 30.3 Å². The first-order chi connectivity index (χ1) is 9.74. The highest BCUT2D eigenvalue weighted by molar-refractivity contribution is 5.74. The van der Waals surface area contributed by atoms with Crippen LogP contribution in [0.3, 0.4) is 0 Å². The number of rotatable bonds is 5. The molecular weight excluding hydrogens is 250 g/mol. The van der Waals surface area contributed by atoms with Crippen LogP contribution < -0.4 is 0 Å². The second-order valence-corrected chi connectivity index (χ2v) is 6.07. The number of likely N-dealkylation sites (tertiary alicyclic amines) is 1. The number of ether oxygens (including phenoxy) is 1. The molecule has 1 amide bonds. The highest BCUT2D eigenvalue weighted by Gasteiger charge is 2.37. The Bertz CT molecular complexity index is 455. The molecule has 1 aromatic carbocycles. The molecular formula is C17H23NO2. The Labute approximate surface area is 120 Å². The summed E-state index contributed by atoms with van der Waals surface area (Å²) in [6.07, 6.45) is 4.71. The van der Waals surface area contributed by atoms with Crippen LogP contribution in [0.5, 0.6) is 0 Å². The van der Waals surface area contributed by atoms with Gasteiger partial charge in [-0.25, -0.2) is 0 Å². The molecule has 2 fully saturated rings. The third-order valence-corrected chi connectivity index (χ3v) is 4.42. The first-order valence-electron chi connectivity index (χ1n) is 7.67.